The van der Waals surface area contributed by atoms with E-state index in [0.29, 0.717) is 18.4 Å². The van der Waals surface area contributed by atoms with Gasteiger partial charge in [-0.15, -0.1) is 0 Å². The quantitative estimate of drug-likeness (QED) is 0.786. The van der Waals surface area contributed by atoms with Crippen LogP contribution in [0.3, 0.4) is 0 Å². The first-order chi connectivity index (χ1) is 9.49. The van der Waals surface area contributed by atoms with Crippen LogP contribution in [0.2, 0.25) is 0 Å². The number of carbonyl (C=O) groups excluding carboxylic acids is 1. The monoisotopic (exact) mass is 282 g/mol. The molecule has 0 spiro atoms. The van der Waals surface area contributed by atoms with E-state index in [2.05, 4.69) is 19.2 Å². The van der Waals surface area contributed by atoms with Crippen molar-refractivity contribution in [1.29, 1.82) is 0 Å². The van der Waals surface area contributed by atoms with Crippen molar-refractivity contribution in [3.8, 4) is 0 Å². The van der Waals surface area contributed by atoms with Crippen LogP contribution < -0.4 is 5.32 Å². The number of nitrogens with zero attached hydrogens (tertiary/aromatic N) is 1. The Morgan fingerprint density at radius 1 is 1.25 bits per heavy atom. The fraction of sp³-hybridized carbons (Fsp3) is 0.867. The summed E-state index contributed by atoms with van der Waals surface area (Å²) in [5.74, 6) is -0.625. The van der Waals surface area contributed by atoms with Crippen molar-refractivity contribution >= 4 is 12.0 Å². The van der Waals surface area contributed by atoms with Crippen molar-refractivity contribution in [3.63, 3.8) is 0 Å². The lowest BCUT2D eigenvalue weighted by molar-refractivity contribution is -0.142. The van der Waals surface area contributed by atoms with E-state index in [4.69, 9.17) is 5.11 Å². The van der Waals surface area contributed by atoms with Crippen LogP contribution in [0, 0.1) is 11.8 Å². The largest absolute Gasteiger partial charge is 0.481 e. The van der Waals surface area contributed by atoms with Gasteiger partial charge in [-0.25, -0.2) is 4.79 Å². The van der Waals surface area contributed by atoms with Crippen LogP contribution in [-0.2, 0) is 4.79 Å². The predicted molar refractivity (Wildman–Crippen MR) is 76.5 cm³/mol. The second kappa shape index (κ2) is 6.46. The third kappa shape index (κ3) is 3.87. The molecule has 0 radical (unpaired) electrons. The van der Waals surface area contributed by atoms with E-state index in [1.807, 2.05) is 4.90 Å². The first-order valence-corrected chi connectivity index (χ1v) is 7.79. The zero-order chi connectivity index (χ0) is 14.7. The summed E-state index contributed by atoms with van der Waals surface area (Å²) in [7, 11) is 0. The summed E-state index contributed by atoms with van der Waals surface area (Å²) in [5, 5.41) is 12.1. The minimum Gasteiger partial charge on any atom is -0.481 e. The van der Waals surface area contributed by atoms with Crippen LogP contribution in [0.15, 0.2) is 0 Å². The Morgan fingerprint density at radius 2 is 1.95 bits per heavy atom. The number of urea groups is 1. The number of carboxylic acid groups (broad SMARTS) is 1. The SMILES string of the molecule is CC(C)CCN(C(=O)NC1CCCC1C(=O)O)C1CC1. The van der Waals surface area contributed by atoms with Gasteiger partial charge in [0.2, 0.25) is 0 Å². The molecule has 0 aromatic carbocycles. The molecule has 2 rings (SSSR count). The molecule has 2 amide bonds. The van der Waals surface area contributed by atoms with Crippen LogP contribution in [-0.4, -0.2) is 40.6 Å². The van der Waals surface area contributed by atoms with Gasteiger partial charge in [0.05, 0.1) is 5.92 Å². The number of nitrogens with one attached hydrogen (secondary N) is 1. The van der Waals surface area contributed by atoms with Gasteiger partial charge in [0.1, 0.15) is 0 Å². The van der Waals surface area contributed by atoms with Gasteiger partial charge in [-0.05, 0) is 38.0 Å². The molecule has 20 heavy (non-hydrogen) atoms. The Morgan fingerprint density at radius 3 is 2.50 bits per heavy atom. The third-order valence-electron chi connectivity index (χ3n) is 4.34. The Balaban J connectivity index is 1.89. The zero-order valence-electron chi connectivity index (χ0n) is 12.5. The molecular weight excluding hydrogens is 256 g/mol. The summed E-state index contributed by atoms with van der Waals surface area (Å²) in [6, 6.07) is 0.116. The van der Waals surface area contributed by atoms with E-state index in [1.54, 1.807) is 0 Å². The standard InChI is InChI=1S/C15H26N2O3/c1-10(2)8-9-17(11-6-7-11)15(20)16-13-5-3-4-12(13)14(18)19/h10-13H,3-9H2,1-2H3,(H,16,20)(H,18,19). The molecule has 2 aliphatic rings. The van der Waals surface area contributed by atoms with Crippen LogP contribution >= 0.6 is 0 Å². The smallest absolute Gasteiger partial charge is 0.317 e. The lowest BCUT2D eigenvalue weighted by Crippen LogP contribution is -2.48. The first kappa shape index (κ1) is 15.1. The molecule has 0 heterocycles. The van der Waals surface area contributed by atoms with E-state index in [9.17, 15) is 9.59 Å². The summed E-state index contributed by atoms with van der Waals surface area (Å²) in [6.45, 7) is 5.08. The maximum absolute atomic E-state index is 12.4. The normalized spacial score (nSPS) is 25.8. The highest BCUT2D eigenvalue weighted by Crippen LogP contribution is 2.29. The van der Waals surface area contributed by atoms with Crippen molar-refractivity contribution < 1.29 is 14.7 Å². The Labute approximate surface area is 120 Å². The maximum atomic E-state index is 12.4. The summed E-state index contributed by atoms with van der Waals surface area (Å²) in [6.07, 6.45) is 5.51. The van der Waals surface area contributed by atoms with Gasteiger partial charge < -0.3 is 15.3 Å². The lowest BCUT2D eigenvalue weighted by atomic mass is 10.0. The number of carboxylic acids is 1. The van der Waals surface area contributed by atoms with Gasteiger partial charge >= 0.3 is 12.0 Å². The molecule has 5 nitrogen and oxygen atoms in total. The molecule has 0 aliphatic heterocycles. The molecule has 2 unspecified atom stereocenters. The minimum absolute atomic E-state index is 0.0636. The van der Waals surface area contributed by atoms with Gasteiger partial charge in [0.15, 0.2) is 0 Å². The van der Waals surface area contributed by atoms with Gasteiger partial charge in [-0.3, -0.25) is 4.79 Å². The number of aliphatic carboxylic acids is 1. The highest BCUT2D eigenvalue weighted by atomic mass is 16.4. The number of rotatable bonds is 6. The predicted octanol–water partition coefficient (Wildman–Crippen LogP) is 2.46. The zero-order valence-corrected chi connectivity index (χ0v) is 12.5. The van der Waals surface area contributed by atoms with Gasteiger partial charge in [-0.1, -0.05) is 20.3 Å². The molecule has 0 saturated heterocycles. The van der Waals surface area contributed by atoms with Crippen molar-refractivity contribution in [2.45, 2.75) is 64.5 Å². The van der Waals surface area contributed by atoms with E-state index >= 15 is 0 Å². The molecule has 0 aromatic heterocycles. The van der Waals surface area contributed by atoms with E-state index in [-0.39, 0.29) is 12.1 Å². The summed E-state index contributed by atoms with van der Waals surface area (Å²) in [5.41, 5.74) is 0. The van der Waals surface area contributed by atoms with Gasteiger partial charge in [0, 0.05) is 18.6 Å². The Bertz CT molecular complexity index is 366. The highest BCUT2D eigenvalue weighted by molar-refractivity contribution is 5.77. The fourth-order valence-electron chi connectivity index (χ4n) is 2.90. The molecule has 0 aromatic rings. The Kier molecular flexibility index (Phi) is 4.89. The molecule has 2 N–H and O–H groups in total. The number of hydrogen-bond donors (Lipinski definition) is 2. The van der Waals surface area contributed by atoms with Crippen molar-refractivity contribution in [2.24, 2.45) is 11.8 Å². The topological polar surface area (TPSA) is 69.6 Å². The molecule has 5 heteroatoms. The van der Waals surface area contributed by atoms with Crippen LogP contribution in [0.4, 0.5) is 4.79 Å². The number of hydrogen-bond acceptors (Lipinski definition) is 2. The van der Waals surface area contributed by atoms with Crippen LogP contribution in [0.5, 0.6) is 0 Å². The van der Waals surface area contributed by atoms with Gasteiger partial charge in [0.25, 0.3) is 0 Å². The molecular formula is C15H26N2O3. The summed E-state index contributed by atoms with van der Waals surface area (Å²) in [4.78, 5) is 25.5. The molecule has 2 atom stereocenters. The summed E-state index contributed by atoms with van der Waals surface area (Å²) >= 11 is 0. The highest BCUT2D eigenvalue weighted by Gasteiger charge is 2.37. The maximum Gasteiger partial charge on any atom is 0.317 e. The number of amides is 2. The fourth-order valence-corrected chi connectivity index (χ4v) is 2.90. The van der Waals surface area contributed by atoms with Crippen molar-refractivity contribution in [3.05, 3.63) is 0 Å². The lowest BCUT2D eigenvalue weighted by Gasteiger charge is -2.27. The molecule has 114 valence electrons. The van der Waals surface area contributed by atoms with Gasteiger partial charge in [-0.2, -0.15) is 0 Å². The molecule has 2 saturated carbocycles. The van der Waals surface area contributed by atoms with Crippen molar-refractivity contribution in [1.82, 2.24) is 10.2 Å². The molecule has 0 bridgehead atoms. The average molecular weight is 282 g/mol. The van der Waals surface area contributed by atoms with Crippen molar-refractivity contribution in [2.75, 3.05) is 6.54 Å². The Hall–Kier alpha value is -1.26. The molecule has 2 aliphatic carbocycles. The van der Waals surface area contributed by atoms with E-state index < -0.39 is 11.9 Å². The van der Waals surface area contributed by atoms with E-state index in [1.165, 1.54) is 0 Å². The van der Waals surface area contributed by atoms with E-state index in [0.717, 1.165) is 38.6 Å². The van der Waals surface area contributed by atoms with Crippen LogP contribution in [0.1, 0.15) is 52.4 Å². The summed E-state index contributed by atoms with van der Waals surface area (Å²) < 4.78 is 0. The molecule has 2 fully saturated rings. The first-order valence-electron chi connectivity index (χ1n) is 7.79. The number of carbonyl (C=O) groups is 2. The second-order valence-corrected chi connectivity index (χ2v) is 6.54. The second-order valence-electron chi connectivity index (χ2n) is 6.54. The third-order valence-corrected chi connectivity index (χ3v) is 4.34. The average Bonchev–Trinajstić information content (AvgIpc) is 3.08. The van der Waals surface area contributed by atoms with Crippen LogP contribution in [0.25, 0.3) is 0 Å². The minimum atomic E-state index is -0.784.